The highest BCUT2D eigenvalue weighted by molar-refractivity contribution is 7.10. The summed E-state index contributed by atoms with van der Waals surface area (Å²) in [7, 11) is 0. The summed E-state index contributed by atoms with van der Waals surface area (Å²) in [5.41, 5.74) is 1.43. The Balaban J connectivity index is 1.61. The van der Waals surface area contributed by atoms with Gasteiger partial charge in [-0.05, 0) is 56.5 Å². The number of hydrogen-bond donors (Lipinski definition) is 0. The molecule has 3 rings (SSSR count). The molecule has 3 heterocycles. The molecule has 130 valence electrons. The van der Waals surface area contributed by atoms with E-state index in [4.69, 9.17) is 4.74 Å². The van der Waals surface area contributed by atoms with Crippen LogP contribution in [0.25, 0.3) is 0 Å². The number of pyridine rings is 1. The monoisotopic (exact) mass is 348 g/mol. The highest BCUT2D eigenvalue weighted by atomic mass is 32.1. The molecule has 0 spiro atoms. The number of aryl methyl sites for hydroxylation is 1. The first kappa shape index (κ1) is 17.5. The number of rotatable bonds is 8. The van der Waals surface area contributed by atoms with Gasteiger partial charge in [0.25, 0.3) is 0 Å². The van der Waals surface area contributed by atoms with E-state index >= 15 is 0 Å². The van der Waals surface area contributed by atoms with E-state index in [0.717, 1.165) is 57.0 Å². The molecule has 1 aliphatic heterocycles. The molecule has 1 fully saturated rings. The summed E-state index contributed by atoms with van der Waals surface area (Å²) in [5.74, 6) is 0. The van der Waals surface area contributed by atoms with E-state index < -0.39 is 0 Å². The van der Waals surface area contributed by atoms with Gasteiger partial charge in [-0.3, -0.25) is 9.88 Å². The quantitative estimate of drug-likeness (QED) is 0.717. The molecule has 0 radical (unpaired) electrons. The fourth-order valence-corrected chi connectivity index (χ4v) is 4.23. The second-order valence-corrected chi connectivity index (χ2v) is 7.78. The summed E-state index contributed by atoms with van der Waals surface area (Å²) in [6.07, 6.45) is 6.88. The summed E-state index contributed by atoms with van der Waals surface area (Å²) in [6.45, 7) is 6.65. The summed E-state index contributed by atoms with van der Waals surface area (Å²) in [4.78, 5) is 7.83. The van der Waals surface area contributed by atoms with E-state index in [-0.39, 0.29) is 10.5 Å². The lowest BCUT2D eigenvalue weighted by molar-refractivity contribution is 0.0490. The molecular weight excluding hydrogens is 323 g/mol. The minimum absolute atomic E-state index is 0.0894. The molecule has 0 unspecified atom stereocenters. The highest BCUT2D eigenvalue weighted by Gasteiger charge is 2.38. The van der Waals surface area contributed by atoms with E-state index in [1.165, 1.54) is 16.9 Å². The average Bonchev–Trinajstić information content (AvgIpc) is 3.19. The molecule has 5 heteroatoms. The van der Waals surface area contributed by atoms with Crippen molar-refractivity contribution in [2.75, 3.05) is 26.3 Å². The van der Waals surface area contributed by atoms with Crippen LogP contribution in [0.2, 0.25) is 0 Å². The van der Waals surface area contributed by atoms with Gasteiger partial charge in [0.05, 0.1) is 6.61 Å². The van der Waals surface area contributed by atoms with Crippen LogP contribution in [0, 0.1) is 10.5 Å². The Morgan fingerprint density at radius 1 is 1.38 bits per heavy atom. The third kappa shape index (κ3) is 4.62. The smallest absolute Gasteiger partial charge is 0.176 e. The lowest BCUT2D eigenvalue weighted by Gasteiger charge is -2.29. The van der Waals surface area contributed by atoms with Crippen LogP contribution in [-0.2, 0) is 17.7 Å². The van der Waals surface area contributed by atoms with Crippen LogP contribution in [0.15, 0.2) is 36.7 Å². The summed E-state index contributed by atoms with van der Waals surface area (Å²) >= 11 is 1.27. The first-order valence-electron chi connectivity index (χ1n) is 8.62. The summed E-state index contributed by atoms with van der Waals surface area (Å²) in [5, 5.41) is -0.0894. The van der Waals surface area contributed by atoms with E-state index in [0.29, 0.717) is 0 Å². The molecule has 24 heavy (non-hydrogen) atoms. The molecule has 1 atom stereocenters. The van der Waals surface area contributed by atoms with Crippen LogP contribution >= 0.6 is 11.3 Å². The van der Waals surface area contributed by atoms with Crippen LogP contribution in [0.4, 0.5) is 4.39 Å². The van der Waals surface area contributed by atoms with E-state index in [2.05, 4.69) is 16.0 Å². The number of likely N-dealkylation sites (tertiary alicyclic amines) is 1. The minimum Gasteiger partial charge on any atom is -0.381 e. The third-order valence-electron chi connectivity index (χ3n) is 4.79. The van der Waals surface area contributed by atoms with Gasteiger partial charge in [-0.25, -0.2) is 0 Å². The third-order valence-corrected chi connectivity index (χ3v) is 5.72. The number of thiophene rings is 1. The van der Waals surface area contributed by atoms with Crippen molar-refractivity contribution < 1.29 is 9.13 Å². The van der Waals surface area contributed by atoms with Gasteiger partial charge >= 0.3 is 0 Å². The van der Waals surface area contributed by atoms with E-state index in [1.54, 1.807) is 6.07 Å². The standard InChI is InChI=1S/C19H25FN2OS/c1-2-23-15-19(8-7-17-5-6-18(20)24-17)9-11-22(14-19)13-16-4-3-10-21-12-16/h3-6,10,12H,2,7-9,11,13-15H2,1H3/t19-/m0/s1. The van der Waals surface area contributed by atoms with Crippen LogP contribution < -0.4 is 0 Å². The van der Waals surface area contributed by atoms with Gasteiger partial charge in [-0.2, -0.15) is 4.39 Å². The van der Waals surface area contributed by atoms with Crippen molar-refractivity contribution in [1.82, 2.24) is 9.88 Å². The predicted molar refractivity (Wildman–Crippen MR) is 95.7 cm³/mol. The Kier molecular flexibility index (Phi) is 5.98. The molecule has 2 aromatic heterocycles. The normalized spacial score (nSPS) is 21.4. The van der Waals surface area contributed by atoms with Gasteiger partial charge in [-0.1, -0.05) is 6.07 Å². The zero-order valence-corrected chi connectivity index (χ0v) is 15.0. The van der Waals surface area contributed by atoms with Crippen LogP contribution in [0.1, 0.15) is 30.2 Å². The maximum Gasteiger partial charge on any atom is 0.176 e. The van der Waals surface area contributed by atoms with Crippen molar-refractivity contribution in [3.63, 3.8) is 0 Å². The number of nitrogens with zero attached hydrogens (tertiary/aromatic N) is 2. The van der Waals surface area contributed by atoms with Crippen LogP contribution in [0.3, 0.4) is 0 Å². The summed E-state index contributed by atoms with van der Waals surface area (Å²) < 4.78 is 19.0. The lowest BCUT2D eigenvalue weighted by Crippen LogP contribution is -2.32. The van der Waals surface area contributed by atoms with E-state index in [9.17, 15) is 4.39 Å². The Bertz CT molecular complexity index is 633. The molecule has 0 N–H and O–H groups in total. The number of hydrogen-bond acceptors (Lipinski definition) is 4. The first-order valence-corrected chi connectivity index (χ1v) is 9.44. The maximum absolute atomic E-state index is 13.2. The molecule has 2 aromatic rings. The van der Waals surface area contributed by atoms with Gasteiger partial charge in [0.1, 0.15) is 0 Å². The van der Waals surface area contributed by atoms with Crippen molar-refractivity contribution in [2.45, 2.75) is 32.7 Å². The van der Waals surface area contributed by atoms with Crippen LogP contribution in [-0.4, -0.2) is 36.2 Å². The van der Waals surface area contributed by atoms with Gasteiger partial charge < -0.3 is 4.74 Å². The summed E-state index contributed by atoms with van der Waals surface area (Å²) in [6, 6.07) is 7.60. The van der Waals surface area contributed by atoms with Crippen molar-refractivity contribution >= 4 is 11.3 Å². The van der Waals surface area contributed by atoms with Crippen molar-refractivity contribution in [2.24, 2.45) is 5.41 Å². The van der Waals surface area contributed by atoms with Gasteiger partial charge in [0.15, 0.2) is 5.13 Å². The average molecular weight is 348 g/mol. The molecule has 1 aliphatic rings. The Morgan fingerprint density at radius 3 is 3.00 bits per heavy atom. The second kappa shape index (κ2) is 8.19. The zero-order valence-electron chi connectivity index (χ0n) is 14.2. The highest BCUT2D eigenvalue weighted by Crippen LogP contribution is 2.37. The molecule has 0 aromatic carbocycles. The van der Waals surface area contributed by atoms with Crippen molar-refractivity contribution in [3.8, 4) is 0 Å². The second-order valence-electron chi connectivity index (χ2n) is 6.66. The lowest BCUT2D eigenvalue weighted by atomic mass is 9.83. The van der Waals surface area contributed by atoms with Gasteiger partial charge in [0, 0.05) is 42.4 Å². The Labute approximate surface area is 147 Å². The molecular formula is C19H25FN2OS. The predicted octanol–water partition coefficient (Wildman–Crippen LogP) is 4.14. The topological polar surface area (TPSA) is 25.4 Å². The zero-order chi connectivity index (χ0) is 16.8. The largest absolute Gasteiger partial charge is 0.381 e. The van der Waals surface area contributed by atoms with Gasteiger partial charge in [0.2, 0.25) is 0 Å². The SMILES string of the molecule is CCOC[C@@]1(CCc2ccc(F)s2)CCN(Cc2cccnc2)C1. The van der Waals surface area contributed by atoms with Crippen LogP contribution in [0.5, 0.6) is 0 Å². The van der Waals surface area contributed by atoms with E-state index in [1.807, 2.05) is 31.5 Å². The first-order chi connectivity index (χ1) is 11.7. The van der Waals surface area contributed by atoms with Crippen molar-refractivity contribution in [3.05, 3.63) is 52.2 Å². The molecule has 0 amide bonds. The Morgan fingerprint density at radius 2 is 2.29 bits per heavy atom. The Hall–Kier alpha value is -1.30. The fraction of sp³-hybridized carbons (Fsp3) is 0.526. The molecule has 3 nitrogen and oxygen atoms in total. The molecule has 0 bridgehead atoms. The van der Waals surface area contributed by atoms with Gasteiger partial charge in [-0.15, -0.1) is 11.3 Å². The fourth-order valence-electron chi connectivity index (χ4n) is 3.50. The molecule has 1 saturated heterocycles. The molecule has 0 aliphatic carbocycles. The molecule has 0 saturated carbocycles. The van der Waals surface area contributed by atoms with Crippen molar-refractivity contribution in [1.29, 1.82) is 0 Å². The maximum atomic E-state index is 13.2. The number of aromatic nitrogens is 1. The number of halogens is 1. The number of ether oxygens (including phenoxy) is 1. The minimum atomic E-state index is -0.0894.